The van der Waals surface area contributed by atoms with Gasteiger partial charge in [0.15, 0.2) is 11.6 Å². The molecule has 0 atom stereocenters. The van der Waals surface area contributed by atoms with Gasteiger partial charge < -0.3 is 25.1 Å². The number of hydrogen-bond acceptors (Lipinski definition) is 6. The van der Waals surface area contributed by atoms with Crippen molar-refractivity contribution in [2.75, 3.05) is 19.0 Å². The number of aromatic nitrogens is 3. The lowest BCUT2D eigenvalue weighted by Crippen LogP contribution is -2.39. The molecular formula is C27H24FN5O3. The monoisotopic (exact) mass is 485 g/mol. The first-order chi connectivity index (χ1) is 17.6. The molecule has 2 fully saturated rings. The van der Waals surface area contributed by atoms with Gasteiger partial charge in [0.25, 0.3) is 5.91 Å². The zero-order valence-electron chi connectivity index (χ0n) is 19.7. The number of nitrogens with one attached hydrogen (secondary N) is 3. The molecule has 1 spiro atoms. The van der Waals surface area contributed by atoms with Crippen molar-refractivity contribution in [1.29, 1.82) is 0 Å². The van der Waals surface area contributed by atoms with Crippen molar-refractivity contribution in [3.05, 3.63) is 59.7 Å². The third-order valence-electron chi connectivity index (χ3n) is 7.27. The fraction of sp³-hybridized carbons (Fsp3) is 0.296. The van der Waals surface area contributed by atoms with Crippen LogP contribution in [0, 0.1) is 5.82 Å². The molecule has 0 saturated heterocycles. The number of carbonyl (C=O) groups excluding carboxylic acids is 1. The molecule has 9 heteroatoms. The van der Waals surface area contributed by atoms with Gasteiger partial charge in [-0.15, -0.1) is 0 Å². The molecule has 3 aliphatic rings. The van der Waals surface area contributed by atoms with Crippen LogP contribution in [0.15, 0.2) is 42.6 Å². The van der Waals surface area contributed by atoms with Gasteiger partial charge in [0.05, 0.1) is 35.3 Å². The quantitative estimate of drug-likeness (QED) is 0.362. The van der Waals surface area contributed by atoms with Crippen molar-refractivity contribution in [2.45, 2.75) is 37.2 Å². The van der Waals surface area contributed by atoms with Gasteiger partial charge in [0.1, 0.15) is 11.6 Å². The summed E-state index contributed by atoms with van der Waals surface area (Å²) in [7, 11) is 1.42. The molecule has 36 heavy (non-hydrogen) atoms. The van der Waals surface area contributed by atoms with Crippen molar-refractivity contribution < 1.29 is 18.7 Å². The second-order valence-electron chi connectivity index (χ2n) is 9.73. The first kappa shape index (κ1) is 21.2. The topological polar surface area (TPSA) is 101 Å². The molecule has 182 valence electrons. The minimum atomic E-state index is -0.491. The van der Waals surface area contributed by atoms with Gasteiger partial charge in [0.2, 0.25) is 5.88 Å². The Balaban J connectivity index is 1.45. The van der Waals surface area contributed by atoms with Crippen molar-refractivity contribution in [3.8, 4) is 22.9 Å². The van der Waals surface area contributed by atoms with Crippen LogP contribution in [0.1, 0.15) is 41.7 Å². The Morgan fingerprint density at radius 3 is 2.81 bits per heavy atom. The number of nitrogens with zero attached hydrogens (tertiary/aromatic N) is 2. The molecule has 0 radical (unpaired) electrons. The standard InChI is InChI=1S/C27H24FN5O3/c1-35-24-16(28)3-2-4-18(24)31-23-20-25(27(10-11-27)13-30-26(20)34)33-22(23)15-9-12-29-17-7-8-19(32-21(15)17)36-14-5-6-14/h2-4,7-9,12,14,31,33H,5-6,10-11,13H2,1H3,(H,30,34). The number of hydrogen-bond donors (Lipinski definition) is 3. The number of carbonyl (C=O) groups is 1. The lowest BCUT2D eigenvalue weighted by Gasteiger charge is -2.23. The summed E-state index contributed by atoms with van der Waals surface area (Å²) in [5, 5.41) is 6.37. The lowest BCUT2D eigenvalue weighted by atomic mass is 9.93. The number of pyridine rings is 2. The number of para-hydroxylation sites is 1. The molecule has 3 aromatic heterocycles. The van der Waals surface area contributed by atoms with Gasteiger partial charge in [-0.2, -0.15) is 0 Å². The molecule has 4 heterocycles. The molecule has 2 aliphatic carbocycles. The van der Waals surface area contributed by atoms with Crippen LogP contribution in [0.3, 0.4) is 0 Å². The minimum absolute atomic E-state index is 0.0774. The first-order valence-electron chi connectivity index (χ1n) is 12.1. The van der Waals surface area contributed by atoms with Crippen LogP contribution in [0.5, 0.6) is 11.6 Å². The Morgan fingerprint density at radius 1 is 1.17 bits per heavy atom. The highest BCUT2D eigenvalue weighted by molar-refractivity contribution is 6.09. The number of halogens is 1. The Bertz CT molecular complexity index is 1540. The second kappa shape index (κ2) is 7.68. The summed E-state index contributed by atoms with van der Waals surface area (Å²) < 4.78 is 25.8. The lowest BCUT2D eigenvalue weighted by molar-refractivity contribution is 0.0938. The third kappa shape index (κ3) is 3.30. The molecule has 7 rings (SSSR count). The van der Waals surface area contributed by atoms with Crippen molar-refractivity contribution in [2.24, 2.45) is 0 Å². The average Bonchev–Trinajstić information content (AvgIpc) is 3.81. The average molecular weight is 486 g/mol. The van der Waals surface area contributed by atoms with E-state index in [2.05, 4.69) is 20.6 Å². The van der Waals surface area contributed by atoms with Crippen LogP contribution in [-0.2, 0) is 5.41 Å². The number of fused-ring (bicyclic) bond motifs is 3. The highest BCUT2D eigenvalue weighted by atomic mass is 19.1. The van der Waals surface area contributed by atoms with Crippen molar-refractivity contribution >= 4 is 28.3 Å². The van der Waals surface area contributed by atoms with Crippen LogP contribution >= 0.6 is 0 Å². The van der Waals surface area contributed by atoms with Crippen molar-refractivity contribution in [3.63, 3.8) is 0 Å². The normalized spacial score (nSPS) is 17.6. The van der Waals surface area contributed by atoms with Gasteiger partial charge in [-0.25, -0.2) is 9.37 Å². The maximum absolute atomic E-state index is 14.5. The van der Waals surface area contributed by atoms with Crippen LogP contribution in [0.25, 0.3) is 22.3 Å². The zero-order chi connectivity index (χ0) is 24.4. The highest BCUT2D eigenvalue weighted by Crippen LogP contribution is 2.54. The molecule has 1 amide bonds. The summed E-state index contributed by atoms with van der Waals surface area (Å²) in [6, 6.07) is 10.3. The predicted molar refractivity (Wildman–Crippen MR) is 132 cm³/mol. The van der Waals surface area contributed by atoms with E-state index >= 15 is 0 Å². The molecule has 0 bridgehead atoms. The molecule has 3 N–H and O–H groups in total. The van der Waals surface area contributed by atoms with Crippen molar-refractivity contribution in [1.82, 2.24) is 20.3 Å². The van der Waals surface area contributed by atoms with Crippen LogP contribution in [-0.4, -0.2) is 40.6 Å². The predicted octanol–water partition coefficient (Wildman–Crippen LogP) is 4.83. The van der Waals surface area contributed by atoms with E-state index in [0.29, 0.717) is 46.1 Å². The van der Waals surface area contributed by atoms with E-state index in [1.54, 1.807) is 18.3 Å². The van der Waals surface area contributed by atoms with Gasteiger partial charge in [0, 0.05) is 35.5 Å². The van der Waals surface area contributed by atoms with E-state index in [1.165, 1.54) is 13.2 Å². The van der Waals surface area contributed by atoms with E-state index in [4.69, 9.17) is 14.5 Å². The molecule has 2 saturated carbocycles. The number of ether oxygens (including phenoxy) is 2. The van der Waals surface area contributed by atoms with E-state index in [-0.39, 0.29) is 23.2 Å². The summed E-state index contributed by atoms with van der Waals surface area (Å²) in [5.41, 5.74) is 5.14. The van der Waals surface area contributed by atoms with Gasteiger partial charge in [-0.3, -0.25) is 9.78 Å². The number of anilines is 2. The fourth-order valence-corrected chi connectivity index (χ4v) is 5.04. The number of methoxy groups -OCH3 is 1. The zero-order valence-corrected chi connectivity index (χ0v) is 19.7. The third-order valence-corrected chi connectivity index (χ3v) is 7.27. The molecule has 4 aromatic rings. The Hall–Kier alpha value is -4.14. The van der Waals surface area contributed by atoms with Crippen LogP contribution in [0.4, 0.5) is 15.8 Å². The van der Waals surface area contributed by atoms with Gasteiger partial charge in [-0.05, 0) is 49.9 Å². The largest absolute Gasteiger partial charge is 0.492 e. The first-order valence-corrected chi connectivity index (χ1v) is 12.1. The van der Waals surface area contributed by atoms with E-state index in [1.807, 2.05) is 18.2 Å². The van der Waals surface area contributed by atoms with Crippen LogP contribution < -0.4 is 20.1 Å². The summed E-state index contributed by atoms with van der Waals surface area (Å²) in [5.74, 6) is -0.0386. The number of amides is 1. The smallest absolute Gasteiger partial charge is 0.255 e. The SMILES string of the molecule is COc1c(F)cccc1Nc1c(-c2ccnc3ccc(OC4CC4)nc23)[nH]c2c1C(=O)NCC21CC1. The number of H-pyrrole nitrogens is 1. The second-order valence-corrected chi connectivity index (χ2v) is 9.73. The minimum Gasteiger partial charge on any atom is -0.492 e. The molecule has 0 unspecified atom stereocenters. The summed E-state index contributed by atoms with van der Waals surface area (Å²) in [6.45, 7) is 0.593. The van der Waals surface area contributed by atoms with Gasteiger partial charge in [-0.1, -0.05) is 6.07 Å². The summed E-state index contributed by atoms with van der Waals surface area (Å²) in [6.07, 6.45) is 5.96. The summed E-state index contributed by atoms with van der Waals surface area (Å²) >= 11 is 0. The maximum atomic E-state index is 14.5. The van der Waals surface area contributed by atoms with E-state index in [0.717, 1.165) is 36.9 Å². The molecule has 8 nitrogen and oxygen atoms in total. The van der Waals surface area contributed by atoms with E-state index < -0.39 is 5.82 Å². The Labute approximate surface area is 206 Å². The van der Waals surface area contributed by atoms with Crippen LogP contribution in [0.2, 0.25) is 0 Å². The fourth-order valence-electron chi connectivity index (χ4n) is 5.04. The highest BCUT2D eigenvalue weighted by Gasteiger charge is 2.51. The van der Waals surface area contributed by atoms with Gasteiger partial charge >= 0.3 is 0 Å². The summed E-state index contributed by atoms with van der Waals surface area (Å²) in [4.78, 5) is 26.1. The maximum Gasteiger partial charge on any atom is 0.255 e. The number of benzene rings is 1. The molecular weight excluding hydrogens is 461 g/mol. The Kier molecular flexibility index (Phi) is 4.52. The molecule has 1 aromatic carbocycles. The Morgan fingerprint density at radius 2 is 2.03 bits per heavy atom. The number of rotatable bonds is 6. The molecule has 1 aliphatic heterocycles. The van der Waals surface area contributed by atoms with E-state index in [9.17, 15) is 9.18 Å². The number of aromatic amines is 1.